The first-order valence-electron chi connectivity index (χ1n) is 8.17. The number of ether oxygens (including phenoxy) is 1. The predicted molar refractivity (Wildman–Crippen MR) is 93.7 cm³/mol. The molecule has 1 aliphatic heterocycles. The summed E-state index contributed by atoms with van der Waals surface area (Å²) in [5.41, 5.74) is 2.10. The summed E-state index contributed by atoms with van der Waals surface area (Å²) in [4.78, 5) is 26.2. The fourth-order valence-corrected chi connectivity index (χ4v) is 2.59. The van der Waals surface area contributed by atoms with Gasteiger partial charge in [0.1, 0.15) is 0 Å². The molecule has 0 saturated carbocycles. The van der Waals surface area contributed by atoms with Crippen molar-refractivity contribution in [2.75, 3.05) is 43.5 Å². The van der Waals surface area contributed by atoms with E-state index in [-0.39, 0.29) is 11.8 Å². The molecule has 0 spiro atoms. The Morgan fingerprint density at radius 3 is 2.28 bits per heavy atom. The molecule has 25 heavy (non-hydrogen) atoms. The minimum Gasteiger partial charge on any atom is -0.459 e. The van der Waals surface area contributed by atoms with Crippen molar-refractivity contribution >= 4 is 23.2 Å². The summed E-state index contributed by atoms with van der Waals surface area (Å²) in [6.07, 6.45) is 1.48. The smallest absolute Gasteiger partial charge is 0.291 e. The van der Waals surface area contributed by atoms with Crippen molar-refractivity contribution in [1.82, 2.24) is 4.90 Å². The van der Waals surface area contributed by atoms with Crippen molar-refractivity contribution in [3.8, 4) is 0 Å². The molecule has 0 unspecified atom stereocenters. The van der Waals surface area contributed by atoms with Crippen LogP contribution in [0.5, 0.6) is 0 Å². The fourth-order valence-electron chi connectivity index (χ4n) is 2.59. The minimum absolute atomic E-state index is 0.0649. The largest absolute Gasteiger partial charge is 0.459 e. The second-order valence-electron chi connectivity index (χ2n) is 5.90. The maximum Gasteiger partial charge on any atom is 0.291 e. The molecule has 1 fully saturated rings. The molecule has 0 aliphatic carbocycles. The van der Waals surface area contributed by atoms with Gasteiger partial charge in [-0.15, -0.1) is 0 Å². The number of carbonyl (C=O) groups excluding carboxylic acids is 2. The van der Waals surface area contributed by atoms with Gasteiger partial charge in [0.15, 0.2) is 5.76 Å². The van der Waals surface area contributed by atoms with Gasteiger partial charge in [-0.3, -0.25) is 14.5 Å². The summed E-state index contributed by atoms with van der Waals surface area (Å²) in [5, 5.41) is 5.62. The summed E-state index contributed by atoms with van der Waals surface area (Å²) in [7, 11) is 0. The Labute approximate surface area is 145 Å². The first-order valence-corrected chi connectivity index (χ1v) is 8.17. The van der Waals surface area contributed by atoms with E-state index in [1.807, 2.05) is 6.92 Å². The Morgan fingerprint density at radius 2 is 1.68 bits per heavy atom. The molecule has 2 heterocycles. The molecule has 2 aromatic rings. The number of benzene rings is 1. The second-order valence-corrected chi connectivity index (χ2v) is 5.90. The molecule has 1 saturated heterocycles. The number of morpholine rings is 1. The molecule has 0 atom stereocenters. The molecule has 3 rings (SSSR count). The van der Waals surface area contributed by atoms with Gasteiger partial charge in [-0.2, -0.15) is 0 Å². The van der Waals surface area contributed by atoms with Crippen LogP contribution in [0.3, 0.4) is 0 Å². The highest BCUT2D eigenvalue weighted by molar-refractivity contribution is 6.03. The number of hydrogen-bond donors (Lipinski definition) is 2. The SMILES string of the molecule is Cc1ccoc1C(=O)Nc1ccc(NC(=O)CN2CCOCC2)cc1. The van der Waals surface area contributed by atoms with E-state index in [0.717, 1.165) is 18.7 Å². The maximum absolute atomic E-state index is 12.1. The Kier molecular flexibility index (Phi) is 5.47. The van der Waals surface area contributed by atoms with Gasteiger partial charge in [0, 0.05) is 30.0 Å². The van der Waals surface area contributed by atoms with Gasteiger partial charge >= 0.3 is 0 Å². The highest BCUT2D eigenvalue weighted by Crippen LogP contribution is 2.16. The summed E-state index contributed by atoms with van der Waals surface area (Å²) < 4.78 is 10.4. The van der Waals surface area contributed by atoms with Crippen molar-refractivity contribution in [3.63, 3.8) is 0 Å². The van der Waals surface area contributed by atoms with E-state index in [1.165, 1.54) is 6.26 Å². The zero-order valence-electron chi connectivity index (χ0n) is 14.1. The topological polar surface area (TPSA) is 83.8 Å². The van der Waals surface area contributed by atoms with E-state index < -0.39 is 0 Å². The van der Waals surface area contributed by atoms with Crippen LogP contribution in [0.25, 0.3) is 0 Å². The van der Waals surface area contributed by atoms with Crippen molar-refractivity contribution in [2.24, 2.45) is 0 Å². The highest BCUT2D eigenvalue weighted by atomic mass is 16.5. The van der Waals surface area contributed by atoms with Gasteiger partial charge in [-0.1, -0.05) is 0 Å². The zero-order valence-corrected chi connectivity index (χ0v) is 14.1. The highest BCUT2D eigenvalue weighted by Gasteiger charge is 2.15. The van der Waals surface area contributed by atoms with Crippen molar-refractivity contribution in [2.45, 2.75) is 6.92 Å². The van der Waals surface area contributed by atoms with Gasteiger partial charge < -0.3 is 19.8 Å². The van der Waals surface area contributed by atoms with Crippen molar-refractivity contribution in [1.29, 1.82) is 0 Å². The van der Waals surface area contributed by atoms with Crippen LogP contribution in [0.2, 0.25) is 0 Å². The van der Waals surface area contributed by atoms with E-state index in [4.69, 9.17) is 9.15 Å². The average molecular weight is 343 g/mol. The lowest BCUT2D eigenvalue weighted by Crippen LogP contribution is -2.41. The number of aryl methyl sites for hydroxylation is 1. The maximum atomic E-state index is 12.1. The summed E-state index contributed by atoms with van der Waals surface area (Å²) >= 11 is 0. The molecule has 2 N–H and O–H groups in total. The van der Waals surface area contributed by atoms with Crippen LogP contribution in [-0.4, -0.2) is 49.6 Å². The molecule has 0 radical (unpaired) electrons. The molecule has 2 amide bonds. The Bertz CT molecular complexity index is 733. The van der Waals surface area contributed by atoms with Crippen LogP contribution in [0, 0.1) is 6.92 Å². The zero-order chi connectivity index (χ0) is 17.6. The van der Waals surface area contributed by atoms with Crippen LogP contribution in [-0.2, 0) is 9.53 Å². The monoisotopic (exact) mass is 343 g/mol. The molecule has 1 aromatic carbocycles. The first-order chi connectivity index (χ1) is 12.1. The molecule has 0 bridgehead atoms. The number of hydrogen-bond acceptors (Lipinski definition) is 5. The predicted octanol–water partition coefficient (Wildman–Crippen LogP) is 2.11. The summed E-state index contributed by atoms with van der Waals surface area (Å²) in [6, 6.07) is 8.71. The first kappa shape index (κ1) is 17.2. The van der Waals surface area contributed by atoms with E-state index in [9.17, 15) is 9.59 Å². The normalized spacial score (nSPS) is 14.9. The van der Waals surface area contributed by atoms with Gasteiger partial charge in [-0.05, 0) is 37.3 Å². The van der Waals surface area contributed by atoms with Gasteiger partial charge in [0.25, 0.3) is 5.91 Å². The lowest BCUT2D eigenvalue weighted by Gasteiger charge is -2.25. The standard InChI is InChI=1S/C18H21N3O4/c1-13-6-9-25-17(13)18(23)20-15-4-2-14(3-5-15)19-16(22)12-21-7-10-24-11-8-21/h2-6,9H,7-8,10-12H2,1H3,(H,19,22)(H,20,23). The van der Waals surface area contributed by atoms with Crippen molar-refractivity contribution in [3.05, 3.63) is 47.9 Å². The lowest BCUT2D eigenvalue weighted by atomic mass is 10.2. The van der Waals surface area contributed by atoms with Crippen LogP contribution < -0.4 is 10.6 Å². The Morgan fingerprint density at radius 1 is 1.04 bits per heavy atom. The Hall–Kier alpha value is -2.64. The summed E-state index contributed by atoms with van der Waals surface area (Å²) in [6.45, 7) is 5.02. The lowest BCUT2D eigenvalue weighted by molar-refractivity contribution is -0.118. The number of anilines is 2. The number of nitrogens with zero attached hydrogens (tertiary/aromatic N) is 1. The van der Waals surface area contributed by atoms with E-state index >= 15 is 0 Å². The molecular weight excluding hydrogens is 322 g/mol. The van der Waals surface area contributed by atoms with Crippen molar-refractivity contribution < 1.29 is 18.7 Å². The third-order valence-electron chi connectivity index (χ3n) is 3.97. The number of carbonyl (C=O) groups is 2. The van der Waals surface area contributed by atoms with Crippen LogP contribution in [0.4, 0.5) is 11.4 Å². The summed E-state index contributed by atoms with van der Waals surface area (Å²) in [5.74, 6) is -0.0700. The Balaban J connectivity index is 1.52. The van der Waals surface area contributed by atoms with Gasteiger partial charge in [0.2, 0.25) is 5.91 Å². The molecule has 7 heteroatoms. The average Bonchev–Trinajstić information content (AvgIpc) is 3.03. The van der Waals surface area contributed by atoms with Gasteiger partial charge in [-0.25, -0.2) is 0 Å². The van der Waals surface area contributed by atoms with Crippen LogP contribution in [0.1, 0.15) is 16.1 Å². The minimum atomic E-state index is -0.299. The number of amides is 2. The molecule has 132 valence electrons. The number of nitrogens with one attached hydrogen (secondary N) is 2. The molecule has 1 aliphatic rings. The molecule has 7 nitrogen and oxygen atoms in total. The third-order valence-corrected chi connectivity index (χ3v) is 3.97. The van der Waals surface area contributed by atoms with Crippen LogP contribution in [0.15, 0.2) is 41.0 Å². The molecule has 1 aromatic heterocycles. The van der Waals surface area contributed by atoms with E-state index in [1.54, 1.807) is 30.3 Å². The fraction of sp³-hybridized carbons (Fsp3) is 0.333. The van der Waals surface area contributed by atoms with E-state index in [0.29, 0.717) is 36.9 Å². The third kappa shape index (κ3) is 4.68. The van der Waals surface area contributed by atoms with E-state index in [2.05, 4.69) is 15.5 Å². The molecular formula is C18H21N3O4. The second kappa shape index (κ2) is 7.96. The quantitative estimate of drug-likeness (QED) is 0.869. The van der Waals surface area contributed by atoms with Gasteiger partial charge in [0.05, 0.1) is 26.0 Å². The number of furan rings is 1. The number of rotatable bonds is 5. The van der Waals surface area contributed by atoms with Crippen LogP contribution >= 0.6 is 0 Å².